The fourth-order valence-electron chi connectivity index (χ4n) is 2.38. The van der Waals surface area contributed by atoms with E-state index < -0.39 is 10.0 Å². The molecule has 1 N–H and O–H groups in total. The first-order valence-corrected chi connectivity index (χ1v) is 9.14. The Morgan fingerprint density at radius 3 is 2.95 bits per heavy atom. The van der Waals surface area contributed by atoms with E-state index in [-0.39, 0.29) is 11.7 Å². The summed E-state index contributed by atoms with van der Waals surface area (Å²) in [6.45, 7) is 1.65. The minimum atomic E-state index is -3.13. The Morgan fingerprint density at radius 2 is 2.25 bits per heavy atom. The molecule has 0 radical (unpaired) electrons. The summed E-state index contributed by atoms with van der Waals surface area (Å²) in [4.78, 5) is 0. The van der Waals surface area contributed by atoms with Crippen LogP contribution in [0.2, 0.25) is 0 Å². The molecule has 0 bridgehead atoms. The summed E-state index contributed by atoms with van der Waals surface area (Å²) in [5.41, 5.74) is 0.441. The zero-order valence-electron chi connectivity index (χ0n) is 11.3. The Labute approximate surface area is 127 Å². The molecule has 1 aromatic carbocycles. The van der Waals surface area contributed by atoms with E-state index in [1.165, 1.54) is 16.6 Å². The lowest BCUT2D eigenvalue weighted by molar-refractivity contribution is 0.276. The number of halogens is 2. The molecule has 112 valence electrons. The smallest absolute Gasteiger partial charge is 0.211 e. The molecule has 20 heavy (non-hydrogen) atoms. The normalized spacial score (nSPS) is 20.9. The maximum absolute atomic E-state index is 13.6. The second kappa shape index (κ2) is 6.41. The molecular formula is C13H18BrFN2O2S. The quantitative estimate of drug-likeness (QED) is 0.893. The average molecular weight is 365 g/mol. The monoisotopic (exact) mass is 364 g/mol. The Bertz CT molecular complexity index is 580. The average Bonchev–Trinajstić information content (AvgIpc) is 2.39. The second-order valence-corrected chi connectivity index (χ2v) is 8.03. The molecule has 0 aliphatic carbocycles. The van der Waals surface area contributed by atoms with E-state index in [0.29, 0.717) is 25.3 Å². The molecule has 1 atom stereocenters. The molecule has 1 fully saturated rings. The summed E-state index contributed by atoms with van der Waals surface area (Å²) in [5.74, 6) is -0.0964. The van der Waals surface area contributed by atoms with E-state index in [1.54, 1.807) is 12.1 Å². The van der Waals surface area contributed by atoms with Gasteiger partial charge in [-0.25, -0.2) is 17.1 Å². The molecule has 1 aliphatic heterocycles. The van der Waals surface area contributed by atoms with E-state index in [0.717, 1.165) is 17.3 Å². The molecule has 0 amide bonds. The zero-order valence-corrected chi connectivity index (χ0v) is 13.7. The van der Waals surface area contributed by atoms with Gasteiger partial charge < -0.3 is 5.32 Å². The van der Waals surface area contributed by atoms with E-state index in [1.807, 2.05) is 0 Å². The predicted molar refractivity (Wildman–Crippen MR) is 81.7 cm³/mol. The van der Waals surface area contributed by atoms with Gasteiger partial charge in [0.05, 0.1) is 11.9 Å². The number of anilines is 1. The maximum atomic E-state index is 13.6. The molecule has 1 heterocycles. The summed E-state index contributed by atoms with van der Waals surface area (Å²) >= 11 is 3.30. The zero-order chi connectivity index (χ0) is 14.8. The van der Waals surface area contributed by atoms with Crippen LogP contribution >= 0.6 is 15.9 Å². The van der Waals surface area contributed by atoms with Crippen molar-refractivity contribution in [3.63, 3.8) is 0 Å². The minimum absolute atomic E-state index is 0.205. The highest BCUT2D eigenvalue weighted by Crippen LogP contribution is 2.23. The van der Waals surface area contributed by atoms with E-state index in [4.69, 9.17) is 0 Å². The molecule has 2 rings (SSSR count). The summed E-state index contributed by atoms with van der Waals surface area (Å²) in [6.07, 6.45) is 3.03. The van der Waals surface area contributed by atoms with Crippen LogP contribution in [-0.4, -0.2) is 38.6 Å². The molecule has 1 unspecified atom stereocenters. The number of hydrogen-bond donors (Lipinski definition) is 1. The van der Waals surface area contributed by atoms with Crippen LogP contribution in [-0.2, 0) is 10.0 Å². The van der Waals surface area contributed by atoms with Crippen LogP contribution in [0.3, 0.4) is 0 Å². The van der Waals surface area contributed by atoms with Crippen molar-refractivity contribution in [1.82, 2.24) is 4.31 Å². The van der Waals surface area contributed by atoms with Gasteiger partial charge in [0.25, 0.3) is 0 Å². The van der Waals surface area contributed by atoms with Crippen LogP contribution in [0.25, 0.3) is 0 Å². The fourth-order valence-corrected chi connectivity index (χ4v) is 3.69. The van der Waals surface area contributed by atoms with Gasteiger partial charge >= 0.3 is 0 Å². The lowest BCUT2D eigenvalue weighted by Crippen LogP contribution is -2.41. The number of piperidine rings is 1. The second-order valence-electron chi connectivity index (χ2n) is 5.13. The lowest BCUT2D eigenvalue weighted by Gasteiger charge is -2.31. The van der Waals surface area contributed by atoms with E-state index >= 15 is 0 Å². The van der Waals surface area contributed by atoms with Crippen LogP contribution < -0.4 is 5.32 Å². The maximum Gasteiger partial charge on any atom is 0.211 e. The molecule has 0 aromatic heterocycles. The van der Waals surface area contributed by atoms with Gasteiger partial charge in [-0.1, -0.05) is 15.9 Å². The molecular weight excluding hydrogens is 347 g/mol. The van der Waals surface area contributed by atoms with Gasteiger partial charge in [0.2, 0.25) is 10.0 Å². The molecule has 1 aromatic rings. The first kappa shape index (κ1) is 15.7. The predicted octanol–water partition coefficient (Wildman–Crippen LogP) is 2.67. The molecule has 1 saturated heterocycles. The number of rotatable bonds is 4. The third-order valence-corrected chi connectivity index (χ3v) is 5.22. The van der Waals surface area contributed by atoms with Crippen molar-refractivity contribution >= 4 is 31.6 Å². The van der Waals surface area contributed by atoms with E-state index in [9.17, 15) is 12.8 Å². The highest BCUT2D eigenvalue weighted by atomic mass is 79.9. The van der Waals surface area contributed by atoms with Gasteiger partial charge in [0, 0.05) is 24.1 Å². The first-order chi connectivity index (χ1) is 9.36. The summed E-state index contributed by atoms with van der Waals surface area (Å²) in [5, 5.41) is 3.07. The van der Waals surface area contributed by atoms with Gasteiger partial charge in [-0.15, -0.1) is 0 Å². The van der Waals surface area contributed by atoms with Crippen LogP contribution in [0.4, 0.5) is 10.1 Å². The number of nitrogens with one attached hydrogen (secondary N) is 1. The largest absolute Gasteiger partial charge is 0.382 e. The number of hydrogen-bond acceptors (Lipinski definition) is 3. The van der Waals surface area contributed by atoms with Gasteiger partial charge in [-0.05, 0) is 37.0 Å². The van der Waals surface area contributed by atoms with Crippen LogP contribution in [0.15, 0.2) is 22.7 Å². The molecule has 0 spiro atoms. The summed E-state index contributed by atoms with van der Waals surface area (Å²) < 4.78 is 39.0. The van der Waals surface area contributed by atoms with Crippen molar-refractivity contribution < 1.29 is 12.8 Å². The highest BCUT2D eigenvalue weighted by molar-refractivity contribution is 9.10. The molecule has 1 aliphatic rings. The van der Waals surface area contributed by atoms with Gasteiger partial charge in [0.1, 0.15) is 5.82 Å². The van der Waals surface area contributed by atoms with Crippen LogP contribution in [0.5, 0.6) is 0 Å². The number of sulfonamides is 1. The van der Waals surface area contributed by atoms with Crippen molar-refractivity contribution in [2.75, 3.05) is 31.2 Å². The Balaban J connectivity index is 1.95. The van der Waals surface area contributed by atoms with Gasteiger partial charge in [-0.3, -0.25) is 0 Å². The topological polar surface area (TPSA) is 49.4 Å². The Kier molecular flexibility index (Phi) is 5.04. The van der Waals surface area contributed by atoms with Gasteiger partial charge in [0.15, 0.2) is 0 Å². The number of nitrogens with zero attached hydrogens (tertiary/aromatic N) is 1. The Morgan fingerprint density at radius 1 is 1.50 bits per heavy atom. The molecule has 4 nitrogen and oxygen atoms in total. The van der Waals surface area contributed by atoms with Crippen LogP contribution in [0, 0.1) is 11.7 Å². The number of benzene rings is 1. The standard InChI is InChI=1S/C13H18BrFN2O2S/c1-20(18,19)17-6-2-3-10(9-17)8-16-13-7-11(14)4-5-12(13)15/h4-5,7,10,16H,2-3,6,8-9H2,1H3. The van der Waals surface area contributed by atoms with Crippen LogP contribution in [0.1, 0.15) is 12.8 Å². The highest BCUT2D eigenvalue weighted by Gasteiger charge is 2.25. The van der Waals surface area contributed by atoms with Crippen molar-refractivity contribution in [3.8, 4) is 0 Å². The van der Waals surface area contributed by atoms with Crippen molar-refractivity contribution in [1.29, 1.82) is 0 Å². The lowest BCUT2D eigenvalue weighted by atomic mass is 9.99. The van der Waals surface area contributed by atoms with Crippen molar-refractivity contribution in [2.45, 2.75) is 12.8 Å². The molecule has 7 heteroatoms. The van der Waals surface area contributed by atoms with Gasteiger partial charge in [-0.2, -0.15) is 0 Å². The third kappa shape index (κ3) is 4.17. The minimum Gasteiger partial charge on any atom is -0.382 e. The Hall–Kier alpha value is -0.660. The molecule has 0 saturated carbocycles. The summed E-state index contributed by atoms with van der Waals surface area (Å²) in [6, 6.07) is 4.73. The van der Waals surface area contributed by atoms with Crippen molar-refractivity contribution in [2.24, 2.45) is 5.92 Å². The third-order valence-electron chi connectivity index (χ3n) is 3.46. The SMILES string of the molecule is CS(=O)(=O)N1CCCC(CNc2cc(Br)ccc2F)C1. The first-order valence-electron chi connectivity index (χ1n) is 6.50. The van der Waals surface area contributed by atoms with E-state index in [2.05, 4.69) is 21.2 Å². The summed E-state index contributed by atoms with van der Waals surface area (Å²) in [7, 11) is -3.13. The van der Waals surface area contributed by atoms with Crippen molar-refractivity contribution in [3.05, 3.63) is 28.5 Å². The fraction of sp³-hybridized carbons (Fsp3) is 0.538.